The number of benzene rings is 2. The first-order chi connectivity index (χ1) is 14.7. The van der Waals surface area contributed by atoms with Gasteiger partial charge in [-0.2, -0.15) is 13.2 Å². The largest absolute Gasteiger partial charge is 0.416 e. The van der Waals surface area contributed by atoms with Crippen molar-refractivity contribution in [3.05, 3.63) is 59.7 Å². The number of carbonyl (C=O) groups excluding carboxylic acids is 2. The summed E-state index contributed by atoms with van der Waals surface area (Å²) in [6.07, 6.45) is -4.20. The normalized spacial score (nSPS) is 19.8. The molecule has 2 heterocycles. The van der Waals surface area contributed by atoms with E-state index in [1.165, 1.54) is 6.07 Å². The number of para-hydroxylation sites is 1. The maximum atomic E-state index is 13.0. The third kappa shape index (κ3) is 4.38. The highest BCUT2D eigenvalue weighted by atomic mass is 19.4. The van der Waals surface area contributed by atoms with Crippen LogP contribution in [-0.2, 0) is 15.8 Å². The van der Waals surface area contributed by atoms with Gasteiger partial charge in [-0.3, -0.25) is 9.59 Å². The quantitative estimate of drug-likeness (QED) is 0.744. The number of anilines is 2. The lowest BCUT2D eigenvalue weighted by Crippen LogP contribution is -2.50. The molecule has 8 heteroatoms. The van der Waals surface area contributed by atoms with Crippen LogP contribution in [0.5, 0.6) is 0 Å². The van der Waals surface area contributed by atoms with Gasteiger partial charge in [0.15, 0.2) is 0 Å². The summed E-state index contributed by atoms with van der Waals surface area (Å²) in [7, 11) is 0. The number of halogens is 3. The minimum Gasteiger partial charge on any atom is -0.368 e. The van der Waals surface area contributed by atoms with Crippen molar-refractivity contribution in [2.75, 3.05) is 42.5 Å². The Hall–Kier alpha value is -3.03. The molecule has 1 atom stereocenters. The summed E-state index contributed by atoms with van der Waals surface area (Å²) < 4.78 is 39.0. The zero-order valence-corrected chi connectivity index (χ0v) is 17.2. The molecular formula is C23H24F3N3O2. The molecule has 0 saturated carbocycles. The van der Waals surface area contributed by atoms with E-state index >= 15 is 0 Å². The standard InChI is InChI=1S/C23H24F3N3O2/c1-16-5-2-3-8-20(16)29-15-17(13-21(29)30)22(31)28-11-9-27(10-12-28)19-7-4-6-18(14-19)23(24,25)26/h2-8,14,17H,9-13,15H2,1H3. The van der Waals surface area contributed by atoms with E-state index < -0.39 is 17.7 Å². The molecule has 1 unspecified atom stereocenters. The van der Waals surface area contributed by atoms with Gasteiger partial charge in [0.1, 0.15) is 0 Å². The highest BCUT2D eigenvalue weighted by Gasteiger charge is 2.38. The average molecular weight is 431 g/mol. The Labute approximate surface area is 179 Å². The van der Waals surface area contributed by atoms with Crippen molar-refractivity contribution in [1.29, 1.82) is 0 Å². The van der Waals surface area contributed by atoms with Crippen LogP contribution in [0, 0.1) is 12.8 Å². The van der Waals surface area contributed by atoms with Gasteiger partial charge in [-0.1, -0.05) is 24.3 Å². The number of carbonyl (C=O) groups is 2. The summed E-state index contributed by atoms with van der Waals surface area (Å²) >= 11 is 0. The number of piperazine rings is 1. The van der Waals surface area contributed by atoms with Crippen molar-refractivity contribution in [2.24, 2.45) is 5.92 Å². The lowest BCUT2D eigenvalue weighted by atomic mass is 10.1. The topological polar surface area (TPSA) is 43.9 Å². The van der Waals surface area contributed by atoms with Crippen molar-refractivity contribution in [3.8, 4) is 0 Å². The summed E-state index contributed by atoms with van der Waals surface area (Å²) in [5, 5.41) is 0. The van der Waals surface area contributed by atoms with Crippen molar-refractivity contribution < 1.29 is 22.8 Å². The maximum Gasteiger partial charge on any atom is 0.416 e. The second-order valence-electron chi connectivity index (χ2n) is 8.05. The van der Waals surface area contributed by atoms with Gasteiger partial charge in [0.25, 0.3) is 0 Å². The Kier molecular flexibility index (Phi) is 5.64. The number of rotatable bonds is 3. The summed E-state index contributed by atoms with van der Waals surface area (Å²) in [5.41, 5.74) is 1.64. The Bertz CT molecular complexity index is 984. The van der Waals surface area contributed by atoms with Crippen LogP contribution in [0.4, 0.5) is 24.5 Å². The molecule has 0 aromatic heterocycles. The van der Waals surface area contributed by atoms with E-state index in [0.29, 0.717) is 38.4 Å². The zero-order valence-electron chi connectivity index (χ0n) is 17.2. The van der Waals surface area contributed by atoms with Gasteiger partial charge in [0, 0.05) is 50.5 Å². The molecule has 0 spiro atoms. The third-order valence-electron chi connectivity index (χ3n) is 6.01. The van der Waals surface area contributed by atoms with Crippen LogP contribution in [-0.4, -0.2) is 49.4 Å². The van der Waals surface area contributed by atoms with Crippen LogP contribution < -0.4 is 9.80 Å². The van der Waals surface area contributed by atoms with Gasteiger partial charge >= 0.3 is 6.18 Å². The summed E-state index contributed by atoms with van der Waals surface area (Å²) in [4.78, 5) is 30.8. The third-order valence-corrected chi connectivity index (χ3v) is 6.01. The van der Waals surface area contributed by atoms with Crippen LogP contribution in [0.25, 0.3) is 0 Å². The molecule has 5 nitrogen and oxygen atoms in total. The fourth-order valence-electron chi connectivity index (χ4n) is 4.29. The monoisotopic (exact) mass is 431 g/mol. The Morgan fingerprint density at radius 2 is 1.71 bits per heavy atom. The minimum absolute atomic E-state index is 0.0600. The SMILES string of the molecule is Cc1ccccc1N1CC(C(=O)N2CCN(c3cccc(C(F)(F)F)c3)CC2)CC1=O. The first-order valence-corrected chi connectivity index (χ1v) is 10.3. The number of hydrogen-bond donors (Lipinski definition) is 0. The molecule has 0 aliphatic carbocycles. The van der Waals surface area contributed by atoms with Crippen LogP contribution in [0.3, 0.4) is 0 Å². The smallest absolute Gasteiger partial charge is 0.368 e. The van der Waals surface area contributed by atoms with Crippen LogP contribution in [0.2, 0.25) is 0 Å². The second-order valence-corrected chi connectivity index (χ2v) is 8.05. The van der Waals surface area contributed by atoms with Crippen molar-refractivity contribution >= 4 is 23.2 Å². The molecule has 2 amide bonds. The van der Waals surface area contributed by atoms with Gasteiger partial charge in [-0.25, -0.2) is 0 Å². The zero-order chi connectivity index (χ0) is 22.2. The number of alkyl halides is 3. The second kappa shape index (κ2) is 8.24. The molecule has 0 radical (unpaired) electrons. The van der Waals surface area contributed by atoms with E-state index in [0.717, 1.165) is 23.4 Å². The molecule has 2 aromatic rings. The Morgan fingerprint density at radius 1 is 1.00 bits per heavy atom. The lowest BCUT2D eigenvalue weighted by molar-refractivity contribution is -0.137. The molecule has 2 aliphatic heterocycles. The number of hydrogen-bond acceptors (Lipinski definition) is 3. The number of nitrogens with zero attached hydrogens (tertiary/aromatic N) is 3. The Balaban J connectivity index is 1.38. The highest BCUT2D eigenvalue weighted by Crippen LogP contribution is 2.32. The lowest BCUT2D eigenvalue weighted by Gasteiger charge is -2.37. The van der Waals surface area contributed by atoms with E-state index in [9.17, 15) is 22.8 Å². The maximum absolute atomic E-state index is 13.0. The number of aryl methyl sites for hydroxylation is 1. The molecule has 2 aromatic carbocycles. The molecule has 31 heavy (non-hydrogen) atoms. The van der Waals surface area contributed by atoms with Crippen LogP contribution in [0.15, 0.2) is 48.5 Å². The Morgan fingerprint density at radius 3 is 2.39 bits per heavy atom. The van der Waals surface area contributed by atoms with E-state index in [2.05, 4.69) is 0 Å². The van der Waals surface area contributed by atoms with Crippen LogP contribution in [0.1, 0.15) is 17.5 Å². The van der Waals surface area contributed by atoms with Crippen molar-refractivity contribution in [1.82, 2.24) is 4.90 Å². The van der Waals surface area contributed by atoms with Gasteiger partial charge in [-0.05, 0) is 36.8 Å². The summed E-state index contributed by atoms with van der Waals surface area (Å²) in [6.45, 7) is 4.04. The van der Waals surface area contributed by atoms with Gasteiger partial charge in [-0.15, -0.1) is 0 Å². The summed E-state index contributed by atoms with van der Waals surface area (Å²) in [5.74, 6) is -0.518. The minimum atomic E-state index is -4.38. The molecule has 0 N–H and O–H groups in total. The molecule has 2 saturated heterocycles. The predicted molar refractivity (Wildman–Crippen MR) is 112 cm³/mol. The van der Waals surface area contributed by atoms with E-state index in [1.54, 1.807) is 15.9 Å². The molecule has 2 fully saturated rings. The van der Waals surface area contributed by atoms with Crippen LogP contribution >= 0.6 is 0 Å². The molecule has 4 rings (SSSR count). The molecule has 2 aliphatic rings. The van der Waals surface area contributed by atoms with Gasteiger partial charge in [0.2, 0.25) is 11.8 Å². The average Bonchev–Trinajstić information content (AvgIpc) is 3.14. The first kappa shape index (κ1) is 21.2. The molecule has 164 valence electrons. The van der Waals surface area contributed by atoms with Gasteiger partial charge in [0.05, 0.1) is 11.5 Å². The van der Waals surface area contributed by atoms with Crippen molar-refractivity contribution in [3.63, 3.8) is 0 Å². The fourth-order valence-corrected chi connectivity index (χ4v) is 4.29. The number of amides is 2. The van der Waals surface area contributed by atoms with E-state index in [-0.39, 0.29) is 18.2 Å². The highest BCUT2D eigenvalue weighted by molar-refractivity contribution is 6.00. The molecular weight excluding hydrogens is 407 g/mol. The van der Waals surface area contributed by atoms with Crippen molar-refractivity contribution in [2.45, 2.75) is 19.5 Å². The summed E-state index contributed by atoms with van der Waals surface area (Å²) in [6, 6.07) is 12.9. The fraction of sp³-hybridized carbons (Fsp3) is 0.391. The molecule has 0 bridgehead atoms. The predicted octanol–water partition coefficient (Wildman–Crippen LogP) is 3.72. The van der Waals surface area contributed by atoms with Gasteiger partial charge < -0.3 is 14.7 Å². The van der Waals surface area contributed by atoms with E-state index in [4.69, 9.17) is 0 Å². The first-order valence-electron chi connectivity index (χ1n) is 10.3. The van der Waals surface area contributed by atoms with E-state index in [1.807, 2.05) is 36.1 Å².